The molecule has 3 rings (SSSR count). The van der Waals surface area contributed by atoms with Gasteiger partial charge in [0.05, 0.1) is 5.69 Å². The summed E-state index contributed by atoms with van der Waals surface area (Å²) in [6.07, 6.45) is 0.594. The Labute approximate surface area is 161 Å². The van der Waals surface area contributed by atoms with Gasteiger partial charge in [0.1, 0.15) is 11.6 Å². The second-order valence-corrected chi connectivity index (χ2v) is 6.40. The molecule has 0 bridgehead atoms. The molecule has 2 heterocycles. The predicted molar refractivity (Wildman–Crippen MR) is 103 cm³/mol. The highest BCUT2D eigenvalue weighted by Gasteiger charge is 2.15. The second-order valence-electron chi connectivity index (χ2n) is 6.40. The number of nitrogens with zero attached hydrogens (tertiary/aromatic N) is 3. The molecule has 0 aliphatic heterocycles. The van der Waals surface area contributed by atoms with Gasteiger partial charge in [-0.15, -0.1) is 0 Å². The zero-order chi connectivity index (χ0) is 20.3. The Balaban J connectivity index is 1.77. The second kappa shape index (κ2) is 7.88. The van der Waals surface area contributed by atoms with Crippen LogP contribution in [0.4, 0.5) is 5.69 Å². The van der Waals surface area contributed by atoms with Gasteiger partial charge >= 0.3 is 0 Å². The van der Waals surface area contributed by atoms with Gasteiger partial charge in [0.15, 0.2) is 0 Å². The molecule has 1 aromatic carbocycles. The van der Waals surface area contributed by atoms with Crippen LogP contribution in [0.25, 0.3) is 11.4 Å². The number of hydrogen-bond acceptors (Lipinski definition) is 6. The topological polar surface area (TPSA) is 125 Å². The van der Waals surface area contributed by atoms with Crippen LogP contribution < -0.4 is 10.9 Å². The molecule has 8 nitrogen and oxygen atoms in total. The maximum atomic E-state index is 12.5. The number of carbonyl (C=O) groups excluding carboxylic acids is 1. The number of aromatic amines is 1. The molecule has 0 atom stereocenters. The minimum atomic E-state index is -0.407. The van der Waals surface area contributed by atoms with Crippen LogP contribution in [-0.4, -0.2) is 21.0 Å². The number of anilines is 1. The molecule has 0 aliphatic carbocycles. The third-order valence-corrected chi connectivity index (χ3v) is 4.49. The van der Waals surface area contributed by atoms with Crippen LogP contribution in [0.1, 0.15) is 34.7 Å². The molecule has 0 radical (unpaired) electrons. The van der Waals surface area contributed by atoms with Crippen LogP contribution >= 0.6 is 0 Å². The Morgan fingerprint density at radius 2 is 2.04 bits per heavy atom. The first-order valence-corrected chi connectivity index (χ1v) is 8.72. The monoisotopic (exact) mass is 377 g/mol. The van der Waals surface area contributed by atoms with Crippen molar-refractivity contribution >= 4 is 11.6 Å². The molecular weight excluding hydrogens is 358 g/mol. The van der Waals surface area contributed by atoms with Crippen molar-refractivity contribution in [3.05, 3.63) is 62.9 Å². The lowest BCUT2D eigenvalue weighted by Gasteiger charge is -2.12. The zero-order valence-electron chi connectivity index (χ0n) is 15.8. The molecule has 0 aliphatic rings. The zero-order valence-corrected chi connectivity index (χ0v) is 15.8. The summed E-state index contributed by atoms with van der Waals surface area (Å²) in [4.78, 5) is 31.2. The number of amides is 1. The van der Waals surface area contributed by atoms with Crippen molar-refractivity contribution in [2.45, 2.75) is 33.6 Å². The molecule has 28 heavy (non-hydrogen) atoms. The van der Waals surface area contributed by atoms with E-state index in [2.05, 4.69) is 20.4 Å². The lowest BCUT2D eigenvalue weighted by molar-refractivity contribution is -0.116. The summed E-state index contributed by atoms with van der Waals surface area (Å²) in [7, 11) is 0. The molecule has 1 amide bonds. The molecular formula is C20H19N5O3. The molecule has 2 aromatic heterocycles. The molecule has 0 spiro atoms. The first-order chi connectivity index (χ1) is 13.4. The Hall–Kier alpha value is -3.73. The minimum Gasteiger partial charge on any atom is -0.339 e. The van der Waals surface area contributed by atoms with Crippen molar-refractivity contribution in [1.82, 2.24) is 15.1 Å². The summed E-state index contributed by atoms with van der Waals surface area (Å²) in [6.45, 7) is 5.18. The Morgan fingerprint density at radius 1 is 1.29 bits per heavy atom. The van der Waals surface area contributed by atoms with E-state index in [0.29, 0.717) is 40.6 Å². The van der Waals surface area contributed by atoms with E-state index < -0.39 is 5.56 Å². The molecule has 0 unspecified atom stereocenters. The van der Waals surface area contributed by atoms with E-state index in [1.165, 1.54) is 0 Å². The van der Waals surface area contributed by atoms with E-state index in [1.807, 2.05) is 18.2 Å². The van der Waals surface area contributed by atoms with Gasteiger partial charge in [-0.1, -0.05) is 17.3 Å². The van der Waals surface area contributed by atoms with Crippen molar-refractivity contribution in [3.8, 4) is 17.5 Å². The highest BCUT2D eigenvalue weighted by Crippen LogP contribution is 2.25. The number of nitrogens with one attached hydrogen (secondary N) is 2. The predicted octanol–water partition coefficient (Wildman–Crippen LogP) is 2.79. The molecule has 8 heteroatoms. The largest absolute Gasteiger partial charge is 0.339 e. The Morgan fingerprint density at radius 3 is 2.71 bits per heavy atom. The molecule has 0 saturated heterocycles. The number of rotatable bonds is 5. The number of aromatic nitrogens is 3. The fourth-order valence-corrected chi connectivity index (χ4v) is 3.07. The minimum absolute atomic E-state index is 0.0823. The van der Waals surface area contributed by atoms with Gasteiger partial charge in [0.2, 0.25) is 17.6 Å². The number of hydrogen-bond donors (Lipinski definition) is 2. The van der Waals surface area contributed by atoms with Crippen molar-refractivity contribution < 1.29 is 9.32 Å². The summed E-state index contributed by atoms with van der Waals surface area (Å²) in [5, 5.41) is 15.9. The van der Waals surface area contributed by atoms with Crippen LogP contribution in [-0.2, 0) is 11.2 Å². The van der Waals surface area contributed by atoms with Gasteiger partial charge in [-0.3, -0.25) is 9.59 Å². The molecule has 0 fully saturated rings. The number of aryl methyl sites for hydroxylation is 2. The SMILES string of the molecule is Cc1nc(-c2ccccc2NC(=O)CCc2c(C)[nH]c(=O)c(C#N)c2C)no1. The number of benzene rings is 1. The third kappa shape index (κ3) is 3.83. The lowest BCUT2D eigenvalue weighted by atomic mass is 9.99. The van der Waals surface area contributed by atoms with E-state index in [4.69, 9.17) is 9.78 Å². The summed E-state index contributed by atoms with van der Waals surface area (Å²) in [5.74, 6) is 0.643. The summed E-state index contributed by atoms with van der Waals surface area (Å²) >= 11 is 0. The van der Waals surface area contributed by atoms with Crippen molar-refractivity contribution in [1.29, 1.82) is 5.26 Å². The summed E-state index contributed by atoms with van der Waals surface area (Å²) < 4.78 is 5.01. The number of carbonyl (C=O) groups is 1. The number of nitriles is 1. The van der Waals surface area contributed by atoms with Crippen LogP contribution in [0.15, 0.2) is 33.6 Å². The average molecular weight is 377 g/mol. The van der Waals surface area contributed by atoms with Gasteiger partial charge in [-0.25, -0.2) is 0 Å². The van der Waals surface area contributed by atoms with Gasteiger partial charge < -0.3 is 14.8 Å². The van der Waals surface area contributed by atoms with E-state index in [1.54, 1.807) is 32.9 Å². The highest BCUT2D eigenvalue weighted by molar-refractivity contribution is 5.94. The highest BCUT2D eigenvalue weighted by atomic mass is 16.5. The molecule has 142 valence electrons. The van der Waals surface area contributed by atoms with Crippen LogP contribution in [0.3, 0.4) is 0 Å². The number of pyridine rings is 1. The maximum absolute atomic E-state index is 12.5. The Bertz CT molecular complexity index is 1140. The van der Waals surface area contributed by atoms with E-state index in [9.17, 15) is 9.59 Å². The number of para-hydroxylation sites is 1. The molecule has 3 aromatic rings. The van der Waals surface area contributed by atoms with E-state index in [-0.39, 0.29) is 17.9 Å². The smallest absolute Gasteiger partial charge is 0.266 e. The van der Waals surface area contributed by atoms with Crippen molar-refractivity contribution in [2.75, 3.05) is 5.32 Å². The molecule has 0 saturated carbocycles. The number of H-pyrrole nitrogens is 1. The van der Waals surface area contributed by atoms with Gasteiger partial charge in [-0.2, -0.15) is 10.2 Å². The Kier molecular flexibility index (Phi) is 5.36. The molecule has 2 N–H and O–H groups in total. The standard InChI is InChI=1S/C20H19N5O3/c1-11-14(12(2)22-20(27)16(11)10-21)8-9-18(26)24-17-7-5-4-6-15(17)19-23-13(3)28-25-19/h4-7H,8-9H2,1-3H3,(H,22,27)(H,24,26). The lowest BCUT2D eigenvalue weighted by Crippen LogP contribution is -2.18. The van der Waals surface area contributed by atoms with Crippen molar-refractivity contribution in [3.63, 3.8) is 0 Å². The van der Waals surface area contributed by atoms with Gasteiger partial charge in [-0.05, 0) is 43.5 Å². The first-order valence-electron chi connectivity index (χ1n) is 8.72. The third-order valence-electron chi connectivity index (χ3n) is 4.49. The van der Waals surface area contributed by atoms with Gasteiger partial charge in [0.25, 0.3) is 5.56 Å². The maximum Gasteiger partial charge on any atom is 0.266 e. The quantitative estimate of drug-likeness (QED) is 0.704. The first kappa shape index (κ1) is 19.0. The van der Waals surface area contributed by atoms with E-state index >= 15 is 0 Å². The van der Waals surface area contributed by atoms with Crippen LogP contribution in [0.2, 0.25) is 0 Å². The summed E-state index contributed by atoms with van der Waals surface area (Å²) in [5.41, 5.74) is 3.00. The van der Waals surface area contributed by atoms with Crippen molar-refractivity contribution in [2.24, 2.45) is 0 Å². The van der Waals surface area contributed by atoms with Crippen LogP contribution in [0, 0.1) is 32.1 Å². The fraction of sp³-hybridized carbons (Fsp3) is 0.250. The normalized spacial score (nSPS) is 10.5. The van der Waals surface area contributed by atoms with E-state index in [0.717, 1.165) is 5.56 Å². The average Bonchev–Trinajstić information content (AvgIpc) is 3.08. The summed E-state index contributed by atoms with van der Waals surface area (Å²) in [6, 6.07) is 9.12. The fourth-order valence-electron chi connectivity index (χ4n) is 3.07. The van der Waals surface area contributed by atoms with Gasteiger partial charge in [0, 0.05) is 24.6 Å². The van der Waals surface area contributed by atoms with Crippen LogP contribution in [0.5, 0.6) is 0 Å².